The maximum Gasteiger partial charge on any atom is 0.229 e. The first-order chi connectivity index (χ1) is 8.90. The van der Waals surface area contributed by atoms with E-state index in [2.05, 4.69) is 5.32 Å². The molecule has 4 heteroatoms. The first kappa shape index (κ1) is 14.4. The Morgan fingerprint density at radius 1 is 1.47 bits per heavy atom. The predicted molar refractivity (Wildman–Crippen MR) is 79.4 cm³/mol. The van der Waals surface area contributed by atoms with Crippen LogP contribution in [0.3, 0.4) is 0 Å². The van der Waals surface area contributed by atoms with Gasteiger partial charge in [0.2, 0.25) is 5.91 Å². The van der Waals surface area contributed by atoms with Crippen LogP contribution in [-0.4, -0.2) is 11.4 Å². The zero-order valence-corrected chi connectivity index (χ0v) is 12.3. The zero-order valence-electron chi connectivity index (χ0n) is 11.5. The first-order valence-electron chi connectivity index (χ1n) is 6.76. The number of nitrogens with one attached hydrogen (secondary N) is 1. The highest BCUT2D eigenvalue weighted by Gasteiger charge is 2.37. The summed E-state index contributed by atoms with van der Waals surface area (Å²) in [6, 6.07) is 5.56. The summed E-state index contributed by atoms with van der Waals surface area (Å²) in [6.07, 6.45) is 3.94. The predicted octanol–water partition coefficient (Wildman–Crippen LogP) is 3.49. The molecular weight excluding hydrogens is 260 g/mol. The second-order valence-electron chi connectivity index (χ2n) is 5.76. The summed E-state index contributed by atoms with van der Waals surface area (Å²) in [5.74, 6) is -0.119. The molecule has 3 nitrogen and oxygen atoms in total. The van der Waals surface area contributed by atoms with Gasteiger partial charge in [0.05, 0.1) is 5.92 Å². The SMILES string of the molecule is Cc1ccc(NC(=O)C2CCCCC2(C)N)cc1Cl. The van der Waals surface area contributed by atoms with Crippen LogP contribution in [0.2, 0.25) is 5.02 Å². The summed E-state index contributed by atoms with van der Waals surface area (Å²) < 4.78 is 0. The van der Waals surface area contributed by atoms with Gasteiger partial charge in [0.25, 0.3) is 0 Å². The third-order valence-electron chi connectivity index (χ3n) is 4.01. The van der Waals surface area contributed by atoms with Crippen LogP contribution in [0.5, 0.6) is 0 Å². The van der Waals surface area contributed by atoms with Crippen LogP contribution in [-0.2, 0) is 4.79 Å². The molecule has 1 amide bonds. The molecule has 3 N–H and O–H groups in total. The smallest absolute Gasteiger partial charge is 0.229 e. The molecule has 0 bridgehead atoms. The Labute approximate surface area is 119 Å². The van der Waals surface area contributed by atoms with Crippen molar-refractivity contribution in [3.63, 3.8) is 0 Å². The minimum Gasteiger partial charge on any atom is -0.326 e. The van der Waals surface area contributed by atoms with Crippen molar-refractivity contribution in [1.29, 1.82) is 0 Å². The number of hydrogen-bond donors (Lipinski definition) is 2. The largest absolute Gasteiger partial charge is 0.326 e. The highest BCUT2D eigenvalue weighted by Crippen LogP contribution is 2.32. The topological polar surface area (TPSA) is 55.1 Å². The number of aryl methyl sites for hydroxylation is 1. The Morgan fingerprint density at radius 2 is 2.21 bits per heavy atom. The van der Waals surface area contributed by atoms with E-state index in [4.69, 9.17) is 17.3 Å². The number of rotatable bonds is 2. The fourth-order valence-corrected chi connectivity index (χ4v) is 2.87. The normalized spacial score (nSPS) is 27.1. The van der Waals surface area contributed by atoms with E-state index in [0.717, 1.165) is 36.9 Å². The van der Waals surface area contributed by atoms with Crippen LogP contribution < -0.4 is 11.1 Å². The van der Waals surface area contributed by atoms with Crippen molar-refractivity contribution in [3.8, 4) is 0 Å². The van der Waals surface area contributed by atoms with Gasteiger partial charge < -0.3 is 11.1 Å². The highest BCUT2D eigenvalue weighted by atomic mass is 35.5. The van der Waals surface area contributed by atoms with Crippen molar-refractivity contribution >= 4 is 23.2 Å². The average molecular weight is 281 g/mol. The number of carbonyl (C=O) groups is 1. The molecule has 1 saturated carbocycles. The third kappa shape index (κ3) is 3.28. The van der Waals surface area contributed by atoms with Crippen LogP contribution in [0.25, 0.3) is 0 Å². The van der Waals surface area contributed by atoms with E-state index in [9.17, 15) is 4.79 Å². The minimum absolute atomic E-state index is 0.00428. The van der Waals surface area contributed by atoms with Gasteiger partial charge in [-0.2, -0.15) is 0 Å². The molecule has 0 aliphatic heterocycles. The van der Waals surface area contributed by atoms with E-state index in [-0.39, 0.29) is 11.8 Å². The number of carbonyl (C=O) groups excluding carboxylic acids is 1. The fraction of sp³-hybridized carbons (Fsp3) is 0.533. The van der Waals surface area contributed by atoms with E-state index in [1.165, 1.54) is 0 Å². The molecule has 0 spiro atoms. The van der Waals surface area contributed by atoms with Crippen molar-refractivity contribution in [1.82, 2.24) is 0 Å². The quantitative estimate of drug-likeness (QED) is 0.871. The molecule has 1 fully saturated rings. The van der Waals surface area contributed by atoms with Crippen LogP contribution in [0.1, 0.15) is 38.2 Å². The third-order valence-corrected chi connectivity index (χ3v) is 4.42. The Hall–Kier alpha value is -1.06. The second kappa shape index (κ2) is 5.51. The van der Waals surface area contributed by atoms with E-state index < -0.39 is 5.54 Å². The van der Waals surface area contributed by atoms with Gasteiger partial charge in [-0.25, -0.2) is 0 Å². The maximum atomic E-state index is 12.3. The Morgan fingerprint density at radius 3 is 2.84 bits per heavy atom. The van der Waals surface area contributed by atoms with Crippen LogP contribution >= 0.6 is 11.6 Å². The number of anilines is 1. The fourth-order valence-electron chi connectivity index (χ4n) is 2.69. The van der Waals surface area contributed by atoms with Gasteiger partial charge in [-0.05, 0) is 44.4 Å². The van der Waals surface area contributed by atoms with Gasteiger partial charge in [-0.3, -0.25) is 4.79 Å². The molecule has 0 aromatic heterocycles. The molecule has 2 unspecified atom stereocenters. The molecule has 2 rings (SSSR count). The monoisotopic (exact) mass is 280 g/mol. The van der Waals surface area contributed by atoms with Gasteiger partial charge in [0.15, 0.2) is 0 Å². The number of nitrogens with two attached hydrogens (primary N) is 1. The summed E-state index contributed by atoms with van der Waals surface area (Å²) in [4.78, 5) is 12.3. The Kier molecular flexibility index (Phi) is 4.16. The number of benzene rings is 1. The molecule has 0 radical (unpaired) electrons. The molecule has 104 valence electrons. The van der Waals surface area contributed by atoms with E-state index in [1.54, 1.807) is 6.07 Å². The summed E-state index contributed by atoms with van der Waals surface area (Å²) in [7, 11) is 0. The lowest BCUT2D eigenvalue weighted by Gasteiger charge is -2.37. The lowest BCUT2D eigenvalue weighted by molar-refractivity contribution is -0.122. The van der Waals surface area contributed by atoms with Crippen molar-refractivity contribution in [2.45, 2.75) is 45.1 Å². The number of amides is 1. The van der Waals surface area contributed by atoms with Crippen LogP contribution in [0.15, 0.2) is 18.2 Å². The van der Waals surface area contributed by atoms with Crippen LogP contribution in [0.4, 0.5) is 5.69 Å². The molecule has 1 aromatic carbocycles. The van der Waals surface area contributed by atoms with Crippen molar-refractivity contribution in [3.05, 3.63) is 28.8 Å². The average Bonchev–Trinajstić information content (AvgIpc) is 2.33. The first-order valence-corrected chi connectivity index (χ1v) is 7.14. The molecule has 2 atom stereocenters. The molecule has 1 aliphatic rings. The van der Waals surface area contributed by atoms with Crippen molar-refractivity contribution < 1.29 is 4.79 Å². The molecule has 0 heterocycles. The maximum absolute atomic E-state index is 12.3. The van der Waals surface area contributed by atoms with Crippen molar-refractivity contribution in [2.75, 3.05) is 5.32 Å². The minimum atomic E-state index is -0.406. The molecular formula is C15H21ClN2O. The summed E-state index contributed by atoms with van der Waals surface area (Å²) in [5, 5.41) is 3.60. The molecule has 19 heavy (non-hydrogen) atoms. The standard InChI is InChI=1S/C15H21ClN2O/c1-10-6-7-11(9-13(10)16)18-14(19)12-5-3-4-8-15(12,2)17/h6-7,9,12H,3-5,8,17H2,1-2H3,(H,18,19). The van der Waals surface area contributed by atoms with Crippen molar-refractivity contribution in [2.24, 2.45) is 11.7 Å². The van der Waals surface area contributed by atoms with Gasteiger partial charge in [-0.1, -0.05) is 30.5 Å². The highest BCUT2D eigenvalue weighted by molar-refractivity contribution is 6.31. The van der Waals surface area contributed by atoms with E-state index in [1.807, 2.05) is 26.0 Å². The Balaban J connectivity index is 2.09. The zero-order chi connectivity index (χ0) is 14.0. The van der Waals surface area contributed by atoms with Gasteiger partial charge in [0.1, 0.15) is 0 Å². The van der Waals surface area contributed by atoms with Gasteiger partial charge in [-0.15, -0.1) is 0 Å². The second-order valence-corrected chi connectivity index (χ2v) is 6.16. The van der Waals surface area contributed by atoms with Crippen LogP contribution in [0, 0.1) is 12.8 Å². The number of halogens is 1. The van der Waals surface area contributed by atoms with Gasteiger partial charge in [0, 0.05) is 16.2 Å². The lowest BCUT2D eigenvalue weighted by Crippen LogP contribution is -2.51. The molecule has 0 saturated heterocycles. The summed E-state index contributed by atoms with van der Waals surface area (Å²) in [6.45, 7) is 3.91. The summed E-state index contributed by atoms with van der Waals surface area (Å²) >= 11 is 6.06. The van der Waals surface area contributed by atoms with E-state index in [0.29, 0.717) is 5.02 Å². The lowest BCUT2D eigenvalue weighted by atomic mass is 9.74. The molecule has 1 aliphatic carbocycles. The summed E-state index contributed by atoms with van der Waals surface area (Å²) in [5.41, 5.74) is 7.58. The number of hydrogen-bond acceptors (Lipinski definition) is 2. The Bertz CT molecular complexity index is 485. The van der Waals surface area contributed by atoms with Gasteiger partial charge >= 0.3 is 0 Å². The van der Waals surface area contributed by atoms with E-state index >= 15 is 0 Å². The molecule has 1 aromatic rings.